The van der Waals surface area contributed by atoms with Crippen molar-refractivity contribution in [1.82, 2.24) is 0 Å². The van der Waals surface area contributed by atoms with Gasteiger partial charge in [0.2, 0.25) is 0 Å². The molecule has 6 heteroatoms. The van der Waals surface area contributed by atoms with Gasteiger partial charge in [0.1, 0.15) is 5.75 Å². The van der Waals surface area contributed by atoms with Crippen molar-refractivity contribution in [2.45, 2.75) is 50.7 Å². The summed E-state index contributed by atoms with van der Waals surface area (Å²) in [5.41, 5.74) is 0.0534. The lowest BCUT2D eigenvalue weighted by Crippen LogP contribution is -2.61. The summed E-state index contributed by atoms with van der Waals surface area (Å²) in [5.74, 6) is -0.816. The van der Waals surface area contributed by atoms with Gasteiger partial charge in [-0.05, 0) is 37.3 Å². The number of para-hydroxylation sites is 1. The Hall–Kier alpha value is -1.92. The molecule has 2 aliphatic heterocycles. The third-order valence-electron chi connectivity index (χ3n) is 7.25. The maximum absolute atomic E-state index is 13.5. The molecule has 4 aliphatic rings. The second kappa shape index (κ2) is 6.56. The van der Waals surface area contributed by atoms with Crippen LogP contribution in [0.2, 0.25) is 0 Å². The number of rotatable bonds is 3. The lowest BCUT2D eigenvalue weighted by molar-refractivity contribution is -0.251. The third kappa shape index (κ3) is 2.40. The van der Waals surface area contributed by atoms with Crippen LogP contribution in [0.15, 0.2) is 24.3 Å². The van der Waals surface area contributed by atoms with Gasteiger partial charge in [0.15, 0.2) is 5.79 Å². The maximum atomic E-state index is 13.5. The molecule has 0 amide bonds. The highest BCUT2D eigenvalue weighted by atomic mass is 16.7. The summed E-state index contributed by atoms with van der Waals surface area (Å²) in [6.07, 6.45) is 3.43. The predicted octanol–water partition coefficient (Wildman–Crippen LogP) is 3.19. The van der Waals surface area contributed by atoms with Gasteiger partial charge in [-0.25, -0.2) is 0 Å². The van der Waals surface area contributed by atoms with Gasteiger partial charge < -0.3 is 18.9 Å². The van der Waals surface area contributed by atoms with E-state index in [0.29, 0.717) is 32.0 Å². The van der Waals surface area contributed by atoms with E-state index in [4.69, 9.17) is 18.9 Å². The smallest absolute Gasteiger partial charge is 0.319 e. The molecule has 150 valence electrons. The van der Waals surface area contributed by atoms with Crippen LogP contribution in [0.25, 0.3) is 0 Å². The second-order valence-electron chi connectivity index (χ2n) is 8.36. The molecule has 2 saturated carbocycles. The first-order valence-electron chi connectivity index (χ1n) is 10.4. The Morgan fingerprint density at radius 3 is 2.71 bits per heavy atom. The number of carbonyl (C=O) groups is 2. The van der Waals surface area contributed by atoms with Gasteiger partial charge >= 0.3 is 11.9 Å². The quantitative estimate of drug-likeness (QED) is 0.587. The van der Waals surface area contributed by atoms with Crippen LogP contribution in [0.3, 0.4) is 0 Å². The van der Waals surface area contributed by atoms with Crippen LogP contribution < -0.4 is 4.74 Å². The number of benzene rings is 1. The molecular formula is C22H26O6. The Morgan fingerprint density at radius 1 is 1.18 bits per heavy atom. The first kappa shape index (κ1) is 18.1. The van der Waals surface area contributed by atoms with Crippen LogP contribution in [0.4, 0.5) is 0 Å². The molecule has 28 heavy (non-hydrogen) atoms. The topological polar surface area (TPSA) is 71.1 Å². The maximum Gasteiger partial charge on any atom is 0.319 e. The van der Waals surface area contributed by atoms with Crippen LogP contribution in [0.1, 0.15) is 50.5 Å². The number of hydrogen-bond donors (Lipinski definition) is 0. The lowest BCUT2D eigenvalue weighted by Gasteiger charge is -2.56. The predicted molar refractivity (Wildman–Crippen MR) is 98.6 cm³/mol. The van der Waals surface area contributed by atoms with Gasteiger partial charge in [0.25, 0.3) is 0 Å². The van der Waals surface area contributed by atoms with Crippen LogP contribution in [0.5, 0.6) is 5.75 Å². The highest BCUT2D eigenvalue weighted by molar-refractivity contribution is 5.88. The Morgan fingerprint density at radius 2 is 1.93 bits per heavy atom. The van der Waals surface area contributed by atoms with E-state index in [-0.39, 0.29) is 36.1 Å². The fraction of sp³-hybridized carbons (Fsp3) is 0.636. The van der Waals surface area contributed by atoms with Crippen molar-refractivity contribution in [3.63, 3.8) is 0 Å². The highest BCUT2D eigenvalue weighted by Gasteiger charge is 2.69. The molecule has 0 radical (unpaired) electrons. The first-order valence-corrected chi connectivity index (χ1v) is 10.4. The zero-order chi connectivity index (χ0) is 19.4. The summed E-state index contributed by atoms with van der Waals surface area (Å²) in [6.45, 7) is 3.24. The van der Waals surface area contributed by atoms with Crippen molar-refractivity contribution in [3.05, 3.63) is 29.8 Å². The number of carbonyl (C=O) groups excluding carboxylic acids is 2. The van der Waals surface area contributed by atoms with E-state index in [1.807, 2.05) is 24.3 Å². The van der Waals surface area contributed by atoms with E-state index in [0.717, 1.165) is 24.8 Å². The van der Waals surface area contributed by atoms with Crippen LogP contribution in [0, 0.1) is 17.3 Å². The molecule has 2 aliphatic carbocycles. The lowest BCUT2D eigenvalue weighted by atomic mass is 9.51. The van der Waals surface area contributed by atoms with Crippen molar-refractivity contribution >= 4 is 11.9 Å². The number of ether oxygens (including phenoxy) is 4. The van der Waals surface area contributed by atoms with E-state index < -0.39 is 11.2 Å². The van der Waals surface area contributed by atoms with Gasteiger partial charge in [0, 0.05) is 18.3 Å². The molecule has 0 bridgehead atoms. The van der Waals surface area contributed by atoms with Crippen molar-refractivity contribution < 1.29 is 28.5 Å². The summed E-state index contributed by atoms with van der Waals surface area (Å²) in [5, 5.41) is 0. The summed E-state index contributed by atoms with van der Waals surface area (Å²) >= 11 is 0. The molecule has 1 aromatic carbocycles. The SMILES string of the molecule is CCOC(=O)CC12C(=O)Oc3ccccc3C1CC1(OCCO1)C1CCCC12. The number of hydrogen-bond acceptors (Lipinski definition) is 6. The van der Waals surface area contributed by atoms with Crippen molar-refractivity contribution in [2.24, 2.45) is 17.3 Å². The van der Waals surface area contributed by atoms with Crippen molar-refractivity contribution in [1.29, 1.82) is 0 Å². The molecule has 1 spiro atoms. The molecule has 1 saturated heterocycles. The fourth-order valence-electron chi connectivity index (χ4n) is 6.30. The van der Waals surface area contributed by atoms with Gasteiger partial charge in [-0.2, -0.15) is 0 Å². The monoisotopic (exact) mass is 386 g/mol. The average molecular weight is 386 g/mol. The van der Waals surface area contributed by atoms with Gasteiger partial charge in [0.05, 0.1) is 31.7 Å². The summed E-state index contributed by atoms with van der Waals surface area (Å²) in [7, 11) is 0. The molecule has 5 rings (SSSR count). The molecular weight excluding hydrogens is 360 g/mol. The summed E-state index contributed by atoms with van der Waals surface area (Å²) < 4.78 is 23.5. The normalized spacial score (nSPS) is 35.0. The Balaban J connectivity index is 1.66. The second-order valence-corrected chi connectivity index (χ2v) is 8.36. The van der Waals surface area contributed by atoms with Gasteiger partial charge in [-0.3, -0.25) is 9.59 Å². The zero-order valence-electron chi connectivity index (χ0n) is 16.1. The molecule has 1 aromatic rings. The molecule has 0 N–H and O–H groups in total. The minimum absolute atomic E-state index is 0.0189. The van der Waals surface area contributed by atoms with Crippen LogP contribution >= 0.6 is 0 Å². The van der Waals surface area contributed by atoms with Crippen LogP contribution in [-0.4, -0.2) is 37.5 Å². The fourth-order valence-corrected chi connectivity index (χ4v) is 6.30. The van der Waals surface area contributed by atoms with Crippen molar-refractivity contribution in [3.8, 4) is 5.75 Å². The van der Waals surface area contributed by atoms with Crippen molar-refractivity contribution in [2.75, 3.05) is 19.8 Å². The molecule has 4 unspecified atom stereocenters. The Bertz CT molecular complexity index is 798. The Labute approximate surface area is 164 Å². The van der Waals surface area contributed by atoms with E-state index in [2.05, 4.69) is 0 Å². The molecule has 2 heterocycles. The molecule has 3 fully saturated rings. The zero-order valence-corrected chi connectivity index (χ0v) is 16.1. The van der Waals surface area contributed by atoms with E-state index in [1.165, 1.54) is 0 Å². The first-order chi connectivity index (χ1) is 13.6. The van der Waals surface area contributed by atoms with E-state index in [1.54, 1.807) is 6.92 Å². The summed E-state index contributed by atoms with van der Waals surface area (Å²) in [4.78, 5) is 26.1. The standard InChI is InChI=1S/C22H26O6/c1-2-25-19(23)13-21-15-7-5-8-16(15)22(26-10-11-27-22)12-17(21)14-6-3-4-9-18(14)28-20(21)24/h3-4,6,9,15-17H,2,5,7-8,10-13H2,1H3. The minimum Gasteiger partial charge on any atom is -0.466 e. The minimum atomic E-state index is -0.914. The Kier molecular flexibility index (Phi) is 4.25. The molecule has 4 atom stereocenters. The third-order valence-corrected chi connectivity index (χ3v) is 7.25. The largest absolute Gasteiger partial charge is 0.466 e. The van der Waals surface area contributed by atoms with E-state index >= 15 is 0 Å². The van der Waals surface area contributed by atoms with E-state index in [9.17, 15) is 9.59 Å². The van der Waals surface area contributed by atoms with Crippen LogP contribution in [-0.2, 0) is 23.8 Å². The number of fused-ring (bicyclic) bond motifs is 6. The van der Waals surface area contributed by atoms with Gasteiger partial charge in [-0.1, -0.05) is 24.6 Å². The summed E-state index contributed by atoms with van der Waals surface area (Å²) in [6, 6.07) is 7.65. The van der Waals surface area contributed by atoms with Gasteiger partial charge in [-0.15, -0.1) is 0 Å². The number of esters is 2. The highest BCUT2D eigenvalue weighted by Crippen LogP contribution is 2.67. The average Bonchev–Trinajstić information content (AvgIpc) is 3.35. The molecule has 6 nitrogen and oxygen atoms in total. The molecule has 0 aromatic heterocycles.